The molecule has 31 heavy (non-hydrogen) atoms. The number of rotatable bonds is 3. The Balaban J connectivity index is 1.25. The molecule has 5 rings (SSSR count). The van der Waals surface area contributed by atoms with Crippen LogP contribution in [0.5, 0.6) is 0 Å². The minimum atomic E-state index is -0.584. The third-order valence-electron chi connectivity index (χ3n) is 5.34. The van der Waals surface area contributed by atoms with Gasteiger partial charge in [0.05, 0.1) is 5.71 Å². The molecule has 1 aromatic carbocycles. The Kier molecular flexibility index (Phi) is 4.66. The molecular formula is C21H19N7O3. The van der Waals surface area contributed by atoms with E-state index in [4.69, 9.17) is 4.42 Å². The number of benzene rings is 1. The zero-order valence-electron chi connectivity index (χ0n) is 16.7. The zero-order chi connectivity index (χ0) is 21.4. The second kappa shape index (κ2) is 7.63. The van der Waals surface area contributed by atoms with Crippen LogP contribution in [-0.4, -0.2) is 37.7 Å². The highest BCUT2D eigenvalue weighted by atomic mass is 16.4. The highest BCUT2D eigenvalue weighted by molar-refractivity contribution is 6.06. The van der Waals surface area contributed by atoms with Gasteiger partial charge >= 0.3 is 6.03 Å². The topological polar surface area (TPSA) is 126 Å². The highest BCUT2D eigenvalue weighted by Gasteiger charge is 2.31. The minimum absolute atomic E-state index is 0.168. The van der Waals surface area contributed by atoms with Crippen LogP contribution in [-0.2, 0) is 17.9 Å². The van der Waals surface area contributed by atoms with E-state index in [0.717, 1.165) is 16.7 Å². The van der Waals surface area contributed by atoms with Crippen molar-refractivity contribution in [3.8, 4) is 0 Å². The van der Waals surface area contributed by atoms with Crippen LogP contribution < -0.4 is 10.7 Å². The lowest BCUT2D eigenvalue weighted by molar-refractivity contribution is -0.123. The van der Waals surface area contributed by atoms with Crippen molar-refractivity contribution >= 4 is 23.3 Å². The van der Waals surface area contributed by atoms with Gasteiger partial charge in [0.2, 0.25) is 11.8 Å². The lowest BCUT2D eigenvalue weighted by Crippen LogP contribution is -2.33. The van der Waals surface area contributed by atoms with Crippen molar-refractivity contribution in [1.29, 1.82) is 0 Å². The summed E-state index contributed by atoms with van der Waals surface area (Å²) in [5.74, 6) is -0.185. The average molecular weight is 417 g/mol. The number of carbonyl (C=O) groups excluding carboxylic acids is 2. The van der Waals surface area contributed by atoms with Crippen LogP contribution in [0, 0.1) is 6.92 Å². The molecule has 2 aromatic heterocycles. The first kappa shape index (κ1) is 18.9. The predicted molar refractivity (Wildman–Crippen MR) is 110 cm³/mol. The number of hydrogen-bond acceptors (Lipinski definition) is 7. The van der Waals surface area contributed by atoms with Crippen molar-refractivity contribution in [3.63, 3.8) is 0 Å². The van der Waals surface area contributed by atoms with Crippen molar-refractivity contribution in [2.45, 2.75) is 32.4 Å². The second-order valence-electron chi connectivity index (χ2n) is 7.46. The number of hydrogen-bond donors (Lipinski definition) is 2. The Bertz CT molecular complexity index is 1160. The van der Waals surface area contributed by atoms with Crippen LogP contribution in [0.3, 0.4) is 0 Å². The summed E-state index contributed by atoms with van der Waals surface area (Å²) in [5, 5.41) is 14.8. The predicted octanol–water partition coefficient (Wildman–Crippen LogP) is 2.33. The molecule has 0 aliphatic carbocycles. The number of nitrogens with one attached hydrogen (secondary N) is 2. The fourth-order valence-electron chi connectivity index (χ4n) is 3.68. The summed E-state index contributed by atoms with van der Waals surface area (Å²) in [7, 11) is 0. The number of nitrogens with zero attached hydrogens (tertiary/aromatic N) is 5. The maximum absolute atomic E-state index is 12.6. The number of carbonyl (C=O) groups is 2. The number of amides is 3. The molecule has 4 heterocycles. The van der Waals surface area contributed by atoms with E-state index in [1.165, 1.54) is 0 Å². The van der Waals surface area contributed by atoms with Gasteiger partial charge in [-0.05, 0) is 34.9 Å². The second-order valence-corrected chi connectivity index (χ2v) is 7.46. The van der Waals surface area contributed by atoms with Gasteiger partial charge in [-0.25, -0.2) is 10.2 Å². The molecule has 1 atom stereocenters. The molecule has 2 aliphatic heterocycles. The average Bonchev–Trinajstić information content (AvgIpc) is 3.41. The van der Waals surface area contributed by atoms with Gasteiger partial charge in [-0.3, -0.25) is 9.78 Å². The molecule has 3 aromatic rings. The van der Waals surface area contributed by atoms with Gasteiger partial charge in [-0.15, -0.1) is 10.2 Å². The summed E-state index contributed by atoms with van der Waals surface area (Å²) in [4.78, 5) is 30.6. The van der Waals surface area contributed by atoms with Crippen molar-refractivity contribution in [2.24, 2.45) is 5.10 Å². The molecule has 0 radical (unpaired) electrons. The molecule has 1 unspecified atom stereocenters. The van der Waals surface area contributed by atoms with Gasteiger partial charge in [0.1, 0.15) is 5.92 Å². The van der Waals surface area contributed by atoms with Gasteiger partial charge in [0.15, 0.2) is 0 Å². The minimum Gasteiger partial charge on any atom is -0.425 e. The SMILES string of the molecule is Cc1nnc(C2CC(c3ccc(NC(=O)N4Cc5ccncc5C4)cc3)=NNC2=O)o1. The summed E-state index contributed by atoms with van der Waals surface area (Å²) in [6, 6.07) is 9.09. The molecule has 0 saturated carbocycles. The van der Waals surface area contributed by atoms with E-state index in [9.17, 15) is 9.59 Å². The maximum atomic E-state index is 12.6. The molecule has 0 saturated heterocycles. The summed E-state index contributed by atoms with van der Waals surface area (Å²) in [6.45, 7) is 2.78. The van der Waals surface area contributed by atoms with E-state index in [1.807, 2.05) is 30.3 Å². The molecule has 2 N–H and O–H groups in total. The first-order valence-corrected chi connectivity index (χ1v) is 9.81. The van der Waals surface area contributed by atoms with Gasteiger partial charge in [0, 0.05) is 44.5 Å². The third kappa shape index (κ3) is 3.75. The van der Waals surface area contributed by atoms with Crippen molar-refractivity contribution < 1.29 is 14.0 Å². The van der Waals surface area contributed by atoms with Crippen molar-refractivity contribution in [2.75, 3.05) is 5.32 Å². The van der Waals surface area contributed by atoms with E-state index >= 15 is 0 Å². The van der Waals surface area contributed by atoms with E-state index in [0.29, 0.717) is 36.8 Å². The molecule has 10 nitrogen and oxygen atoms in total. The first-order valence-electron chi connectivity index (χ1n) is 9.81. The monoisotopic (exact) mass is 417 g/mol. The summed E-state index contributed by atoms with van der Waals surface area (Å²) in [6.07, 6.45) is 3.88. The Morgan fingerprint density at radius 2 is 1.97 bits per heavy atom. The number of hydrazone groups is 1. The summed E-state index contributed by atoms with van der Waals surface area (Å²) in [5.41, 5.74) is 6.90. The van der Waals surface area contributed by atoms with Crippen LogP contribution in [0.2, 0.25) is 0 Å². The van der Waals surface area contributed by atoms with Crippen LogP contribution in [0.15, 0.2) is 52.2 Å². The maximum Gasteiger partial charge on any atom is 0.322 e. The normalized spacial score (nSPS) is 17.7. The first-order chi connectivity index (χ1) is 15.1. The number of aromatic nitrogens is 3. The summed E-state index contributed by atoms with van der Waals surface area (Å²) < 4.78 is 5.42. The summed E-state index contributed by atoms with van der Waals surface area (Å²) >= 11 is 0. The van der Waals surface area contributed by atoms with Gasteiger partial charge in [0.25, 0.3) is 5.91 Å². The smallest absolute Gasteiger partial charge is 0.322 e. The molecule has 10 heteroatoms. The fourth-order valence-corrected chi connectivity index (χ4v) is 3.68. The fraction of sp³-hybridized carbons (Fsp3) is 0.238. The lowest BCUT2D eigenvalue weighted by atomic mass is 9.95. The van der Waals surface area contributed by atoms with Crippen LogP contribution in [0.1, 0.15) is 40.8 Å². The highest BCUT2D eigenvalue weighted by Crippen LogP contribution is 2.26. The molecule has 0 spiro atoms. The molecule has 2 aliphatic rings. The zero-order valence-corrected chi connectivity index (χ0v) is 16.7. The quantitative estimate of drug-likeness (QED) is 0.674. The third-order valence-corrected chi connectivity index (χ3v) is 5.34. The molecule has 0 fully saturated rings. The van der Waals surface area contributed by atoms with Crippen LogP contribution in [0.4, 0.5) is 10.5 Å². The molecule has 0 bridgehead atoms. The largest absolute Gasteiger partial charge is 0.425 e. The molecular weight excluding hydrogens is 398 g/mol. The van der Waals surface area contributed by atoms with E-state index in [-0.39, 0.29) is 17.8 Å². The number of pyridine rings is 1. The Morgan fingerprint density at radius 1 is 1.16 bits per heavy atom. The van der Waals surface area contributed by atoms with E-state index in [1.54, 1.807) is 24.2 Å². The van der Waals surface area contributed by atoms with Gasteiger partial charge < -0.3 is 14.6 Å². The molecule has 156 valence electrons. The van der Waals surface area contributed by atoms with Gasteiger partial charge in [-0.1, -0.05) is 12.1 Å². The standard InChI is InChI=1S/C21H19N7O3/c1-12-24-27-20(31-12)17-8-18(25-26-19(17)29)13-2-4-16(5-3-13)23-21(30)28-10-14-6-7-22-9-15(14)11-28/h2-7,9,17H,8,10-11H2,1H3,(H,23,30)(H,26,29). The number of fused-ring (bicyclic) bond motifs is 1. The van der Waals surface area contributed by atoms with Crippen LogP contribution in [0.25, 0.3) is 0 Å². The lowest BCUT2D eigenvalue weighted by Gasteiger charge is -2.19. The number of anilines is 1. The van der Waals surface area contributed by atoms with Crippen LogP contribution >= 0.6 is 0 Å². The Morgan fingerprint density at radius 3 is 2.71 bits per heavy atom. The molecule has 3 amide bonds. The van der Waals surface area contributed by atoms with Crippen molar-refractivity contribution in [3.05, 3.63) is 71.2 Å². The van der Waals surface area contributed by atoms with Crippen molar-refractivity contribution in [1.82, 2.24) is 25.5 Å². The Hall–Kier alpha value is -4.08. The van der Waals surface area contributed by atoms with Gasteiger partial charge in [-0.2, -0.15) is 5.10 Å². The number of aryl methyl sites for hydroxylation is 1. The van der Waals surface area contributed by atoms with E-state index in [2.05, 4.69) is 31.0 Å². The van der Waals surface area contributed by atoms with E-state index < -0.39 is 5.92 Å². The number of urea groups is 1. The Labute approximate surface area is 177 Å².